The van der Waals surface area contributed by atoms with Crippen molar-refractivity contribution < 1.29 is 14.0 Å². The molecule has 0 atom stereocenters. The number of rotatable bonds is 3. The fraction of sp³-hybridized carbons (Fsp3) is 0.0870. The molecule has 150 valence electrons. The minimum atomic E-state index is -0.558. The van der Waals surface area contributed by atoms with Crippen LogP contribution < -0.4 is 10.2 Å². The predicted octanol–water partition coefficient (Wildman–Crippen LogP) is 4.06. The number of hydrogen-bond donors (Lipinski definition) is 1. The number of benzene rings is 2. The lowest BCUT2D eigenvalue weighted by molar-refractivity contribution is -0.122. The van der Waals surface area contributed by atoms with E-state index in [4.69, 9.17) is 12.2 Å². The van der Waals surface area contributed by atoms with Crippen molar-refractivity contribution in [2.24, 2.45) is 0 Å². The summed E-state index contributed by atoms with van der Waals surface area (Å²) in [6.07, 6.45) is 3.29. The Balaban J connectivity index is 1.76. The number of anilines is 1. The molecule has 5 nitrogen and oxygen atoms in total. The van der Waals surface area contributed by atoms with E-state index in [0.29, 0.717) is 17.1 Å². The largest absolute Gasteiger partial charge is 0.317 e. The molecule has 7 heteroatoms. The molecule has 30 heavy (non-hydrogen) atoms. The highest BCUT2D eigenvalue weighted by Gasteiger charge is 2.34. The van der Waals surface area contributed by atoms with Gasteiger partial charge in [-0.3, -0.25) is 19.8 Å². The number of thiocarbonyl (C=S) groups is 1. The molecular formula is C23H18FN3O2S. The Morgan fingerprint density at radius 1 is 0.967 bits per heavy atom. The number of aromatic nitrogens is 1. The summed E-state index contributed by atoms with van der Waals surface area (Å²) in [6, 6.07) is 15.2. The van der Waals surface area contributed by atoms with Crippen molar-refractivity contribution in [2.75, 3.05) is 4.90 Å². The monoisotopic (exact) mass is 419 g/mol. The molecular weight excluding hydrogens is 401 g/mol. The first-order valence-electron chi connectivity index (χ1n) is 9.26. The second-order valence-corrected chi connectivity index (χ2v) is 7.47. The molecule has 0 bridgehead atoms. The number of amides is 2. The summed E-state index contributed by atoms with van der Waals surface area (Å²) in [6.45, 7) is 3.86. The van der Waals surface area contributed by atoms with E-state index in [1.807, 2.05) is 32.0 Å². The van der Waals surface area contributed by atoms with Gasteiger partial charge in [0.15, 0.2) is 5.11 Å². The predicted molar refractivity (Wildman–Crippen MR) is 118 cm³/mol. The summed E-state index contributed by atoms with van der Waals surface area (Å²) in [7, 11) is 0. The second kappa shape index (κ2) is 7.68. The van der Waals surface area contributed by atoms with Crippen LogP contribution in [0.25, 0.3) is 11.8 Å². The van der Waals surface area contributed by atoms with Gasteiger partial charge in [0.25, 0.3) is 11.8 Å². The third-order valence-corrected chi connectivity index (χ3v) is 5.03. The van der Waals surface area contributed by atoms with Crippen LogP contribution >= 0.6 is 12.2 Å². The molecule has 2 heterocycles. The molecule has 1 aromatic heterocycles. The topological polar surface area (TPSA) is 54.3 Å². The average Bonchev–Trinajstić information content (AvgIpc) is 3.13. The Kier molecular flexibility index (Phi) is 5.05. The van der Waals surface area contributed by atoms with Gasteiger partial charge < -0.3 is 4.57 Å². The maximum absolute atomic E-state index is 13.3. The van der Waals surface area contributed by atoms with Gasteiger partial charge >= 0.3 is 0 Å². The summed E-state index contributed by atoms with van der Waals surface area (Å²) >= 11 is 5.27. The van der Waals surface area contributed by atoms with Crippen LogP contribution in [0.1, 0.15) is 16.8 Å². The van der Waals surface area contributed by atoms with Crippen molar-refractivity contribution in [2.45, 2.75) is 13.8 Å². The maximum Gasteiger partial charge on any atom is 0.270 e. The van der Waals surface area contributed by atoms with Gasteiger partial charge in [0.2, 0.25) is 0 Å². The Labute approximate surface area is 178 Å². The number of aryl methyl sites for hydroxylation is 2. The average molecular weight is 419 g/mol. The first-order chi connectivity index (χ1) is 14.3. The number of halogens is 1. The Bertz CT molecular complexity index is 1190. The van der Waals surface area contributed by atoms with Crippen molar-refractivity contribution in [1.29, 1.82) is 0 Å². The molecule has 0 spiro atoms. The van der Waals surface area contributed by atoms with E-state index in [0.717, 1.165) is 11.1 Å². The van der Waals surface area contributed by atoms with E-state index in [1.165, 1.54) is 23.1 Å². The zero-order valence-corrected chi connectivity index (χ0v) is 17.2. The van der Waals surface area contributed by atoms with Crippen LogP contribution in [0.5, 0.6) is 0 Å². The Morgan fingerprint density at radius 2 is 1.63 bits per heavy atom. The van der Waals surface area contributed by atoms with Crippen LogP contribution in [0.4, 0.5) is 10.1 Å². The standard InChI is InChI=1S/C23H18FN3O2S/c1-14-10-15(2)12-19(11-14)27-22(29)20(21(28)25-23(27)30)13-18-4-3-9-26(18)17-7-5-16(24)6-8-17/h3-13H,1-2H3,(H,25,28,30)/b20-13+. The molecule has 1 fully saturated rings. The van der Waals surface area contributed by atoms with Gasteiger partial charge in [-0.05, 0) is 91.8 Å². The normalized spacial score (nSPS) is 15.6. The highest BCUT2D eigenvalue weighted by atomic mass is 32.1. The SMILES string of the molecule is Cc1cc(C)cc(N2C(=O)/C(=C/c3cccn3-c3ccc(F)cc3)C(=O)NC2=S)c1. The zero-order valence-electron chi connectivity index (χ0n) is 16.3. The third-order valence-electron chi connectivity index (χ3n) is 4.74. The molecule has 0 saturated carbocycles. The molecule has 1 aliphatic rings. The van der Waals surface area contributed by atoms with Gasteiger partial charge in [-0.2, -0.15) is 0 Å². The molecule has 1 N–H and O–H groups in total. The van der Waals surface area contributed by atoms with Crippen molar-refractivity contribution in [1.82, 2.24) is 9.88 Å². The van der Waals surface area contributed by atoms with Crippen LogP contribution in [0, 0.1) is 19.7 Å². The molecule has 4 rings (SSSR count). The highest BCUT2D eigenvalue weighted by molar-refractivity contribution is 7.80. The summed E-state index contributed by atoms with van der Waals surface area (Å²) in [5.41, 5.74) is 3.83. The van der Waals surface area contributed by atoms with E-state index in [9.17, 15) is 14.0 Å². The van der Waals surface area contributed by atoms with Crippen LogP contribution in [-0.4, -0.2) is 21.5 Å². The van der Waals surface area contributed by atoms with Crippen molar-refractivity contribution in [3.8, 4) is 5.69 Å². The fourth-order valence-electron chi connectivity index (χ4n) is 3.47. The summed E-state index contributed by atoms with van der Waals surface area (Å²) < 4.78 is 15.0. The second-order valence-electron chi connectivity index (χ2n) is 7.08. The smallest absolute Gasteiger partial charge is 0.270 e. The lowest BCUT2D eigenvalue weighted by Crippen LogP contribution is -2.54. The van der Waals surface area contributed by atoms with Gasteiger partial charge in [0, 0.05) is 17.6 Å². The number of hydrogen-bond acceptors (Lipinski definition) is 3. The quantitative estimate of drug-likeness (QED) is 0.396. The lowest BCUT2D eigenvalue weighted by atomic mass is 10.1. The van der Waals surface area contributed by atoms with E-state index in [2.05, 4.69) is 5.32 Å². The number of nitrogens with zero attached hydrogens (tertiary/aromatic N) is 2. The Morgan fingerprint density at radius 3 is 2.30 bits per heavy atom. The van der Waals surface area contributed by atoms with E-state index in [1.54, 1.807) is 35.0 Å². The van der Waals surface area contributed by atoms with Gasteiger partial charge in [-0.15, -0.1) is 0 Å². The Hall–Kier alpha value is -3.58. The number of carbonyl (C=O) groups excluding carboxylic acids is 2. The molecule has 2 amide bonds. The summed E-state index contributed by atoms with van der Waals surface area (Å²) in [4.78, 5) is 27.1. The fourth-order valence-corrected chi connectivity index (χ4v) is 3.75. The van der Waals surface area contributed by atoms with E-state index in [-0.39, 0.29) is 16.5 Å². The van der Waals surface area contributed by atoms with Crippen molar-refractivity contribution in [3.05, 3.63) is 89.0 Å². The van der Waals surface area contributed by atoms with Crippen LogP contribution in [-0.2, 0) is 9.59 Å². The highest BCUT2D eigenvalue weighted by Crippen LogP contribution is 2.25. The molecule has 1 aliphatic heterocycles. The first-order valence-corrected chi connectivity index (χ1v) is 9.67. The van der Waals surface area contributed by atoms with E-state index < -0.39 is 11.8 Å². The van der Waals surface area contributed by atoms with Gasteiger partial charge in [0.1, 0.15) is 11.4 Å². The van der Waals surface area contributed by atoms with Crippen molar-refractivity contribution >= 4 is 40.9 Å². The molecule has 1 saturated heterocycles. The van der Waals surface area contributed by atoms with Crippen molar-refractivity contribution in [3.63, 3.8) is 0 Å². The van der Waals surface area contributed by atoms with Gasteiger partial charge in [-0.1, -0.05) is 6.07 Å². The molecule has 0 unspecified atom stereocenters. The zero-order chi connectivity index (χ0) is 21.4. The number of carbonyl (C=O) groups is 2. The first kappa shape index (κ1) is 19.7. The van der Waals surface area contributed by atoms with Gasteiger partial charge in [-0.25, -0.2) is 4.39 Å². The third kappa shape index (κ3) is 3.67. The molecule has 2 aromatic carbocycles. The van der Waals surface area contributed by atoms with Crippen LogP contribution in [0.15, 0.2) is 66.4 Å². The maximum atomic E-state index is 13.3. The number of nitrogens with one attached hydrogen (secondary N) is 1. The molecule has 0 aliphatic carbocycles. The van der Waals surface area contributed by atoms with Crippen LogP contribution in [0.3, 0.4) is 0 Å². The molecule has 0 radical (unpaired) electrons. The van der Waals surface area contributed by atoms with Crippen LogP contribution in [0.2, 0.25) is 0 Å². The summed E-state index contributed by atoms with van der Waals surface area (Å²) in [5.74, 6) is -1.40. The lowest BCUT2D eigenvalue weighted by Gasteiger charge is -2.29. The van der Waals surface area contributed by atoms with Gasteiger partial charge in [0.05, 0.1) is 5.69 Å². The minimum Gasteiger partial charge on any atom is -0.317 e. The molecule has 3 aromatic rings. The van der Waals surface area contributed by atoms with E-state index >= 15 is 0 Å². The minimum absolute atomic E-state index is 0.0372. The summed E-state index contributed by atoms with van der Waals surface area (Å²) in [5, 5.41) is 2.64.